The van der Waals surface area contributed by atoms with Crippen LogP contribution in [0.25, 0.3) is 0 Å². The number of halogens is 7. The van der Waals surface area contributed by atoms with Crippen LogP contribution in [0, 0.1) is 20.2 Å². The molecule has 2 rings (SSSR count). The van der Waals surface area contributed by atoms with E-state index in [2.05, 4.69) is 4.74 Å². The Hall–Kier alpha value is 0.250. The van der Waals surface area contributed by atoms with E-state index >= 15 is 0 Å². The molecule has 9 nitrogen and oxygen atoms in total. The van der Waals surface area contributed by atoms with Crippen molar-refractivity contribution in [2.45, 2.75) is 44.1 Å². The van der Waals surface area contributed by atoms with E-state index in [1.54, 1.807) is 0 Å². The highest BCUT2D eigenvalue weighted by Crippen LogP contribution is 2.35. The molecule has 1 fully saturated rings. The van der Waals surface area contributed by atoms with E-state index < -0.39 is 58.1 Å². The molecular formula is C18H15F3I4O9S. The molecule has 0 saturated heterocycles. The quantitative estimate of drug-likeness (QED) is 0.129. The minimum absolute atomic E-state index is 0.00211. The molecule has 0 aromatic heterocycles. The third-order valence-corrected chi connectivity index (χ3v) is 13.1. The molecule has 1 aliphatic carbocycles. The minimum Gasteiger partial charge on any atom is -0.478 e. The summed E-state index contributed by atoms with van der Waals surface area (Å²) >= 11 is 7.67. The number of rotatable bonds is 7. The molecule has 1 saturated carbocycles. The summed E-state index contributed by atoms with van der Waals surface area (Å²) in [7, 11) is -5.05. The Morgan fingerprint density at radius 2 is 1.43 bits per heavy atom. The zero-order chi connectivity index (χ0) is 26.9. The number of aromatic carboxylic acids is 1. The lowest BCUT2D eigenvalue weighted by Gasteiger charge is -2.29. The maximum atomic E-state index is 13.0. The molecular weight excluding hydrogens is 957 g/mol. The van der Waals surface area contributed by atoms with Crippen molar-refractivity contribution in [1.29, 1.82) is 0 Å². The summed E-state index contributed by atoms with van der Waals surface area (Å²) in [6, 6.07) is 0. The highest BCUT2D eigenvalue weighted by molar-refractivity contribution is 14.1. The largest absolute Gasteiger partial charge is 0.478 e. The van der Waals surface area contributed by atoms with Crippen LogP contribution in [-0.4, -0.2) is 60.1 Å². The molecule has 1 atom stereocenters. The van der Waals surface area contributed by atoms with Gasteiger partial charge in [-0.25, -0.2) is 9.59 Å². The number of hydrogen-bond donors (Lipinski definition) is 2. The van der Waals surface area contributed by atoms with Crippen molar-refractivity contribution >= 4 is 118 Å². The van der Waals surface area contributed by atoms with E-state index in [-0.39, 0.29) is 36.8 Å². The zero-order valence-corrected chi connectivity index (χ0v) is 26.5. The Morgan fingerprint density at radius 1 is 0.943 bits per heavy atom. The highest BCUT2D eigenvalue weighted by atomic mass is 127. The molecule has 196 valence electrons. The third kappa shape index (κ3) is 8.37. The van der Waals surface area contributed by atoms with Gasteiger partial charge in [-0.3, -0.25) is 9.35 Å². The molecule has 1 aliphatic rings. The van der Waals surface area contributed by atoms with Crippen LogP contribution in [0.4, 0.5) is 13.2 Å². The molecule has 0 bridgehead atoms. The third-order valence-electron chi connectivity index (χ3n) is 4.95. The highest BCUT2D eigenvalue weighted by Gasteiger charge is 2.46. The summed E-state index contributed by atoms with van der Waals surface area (Å²) in [5.74, 6) is -6.25. The second-order valence-corrected chi connectivity index (χ2v) is 13.2. The van der Waals surface area contributed by atoms with Crippen molar-refractivity contribution in [2.75, 3.05) is 5.75 Å². The number of carbonyl (C=O) groups is 3. The van der Waals surface area contributed by atoms with Crippen molar-refractivity contribution < 1.29 is 55.1 Å². The maximum absolute atomic E-state index is 13.0. The zero-order valence-electron chi connectivity index (χ0n) is 17.1. The fourth-order valence-corrected chi connectivity index (χ4v) is 7.55. The van der Waals surface area contributed by atoms with Crippen LogP contribution in [0.3, 0.4) is 0 Å². The maximum Gasteiger partial charge on any atom is 0.426 e. The summed E-state index contributed by atoms with van der Waals surface area (Å²) in [5.41, 5.74) is -0.300. The number of hydrogen-bond acceptors (Lipinski definition) is 7. The van der Waals surface area contributed by atoms with Crippen LogP contribution >= 0.6 is 90.4 Å². The first-order valence-electron chi connectivity index (χ1n) is 9.46. The van der Waals surface area contributed by atoms with Gasteiger partial charge in [-0.05, 0) is 116 Å². The van der Waals surface area contributed by atoms with Gasteiger partial charge in [0.2, 0.25) is 6.10 Å². The van der Waals surface area contributed by atoms with Gasteiger partial charge in [0.15, 0.2) is 0 Å². The first-order valence-corrected chi connectivity index (χ1v) is 15.4. The average Bonchev–Trinajstić information content (AvgIpc) is 2.72. The van der Waals surface area contributed by atoms with Crippen molar-refractivity contribution in [1.82, 2.24) is 0 Å². The number of carboxylic acids is 1. The Labute approximate surface area is 251 Å². The minimum atomic E-state index is -5.19. The lowest BCUT2D eigenvalue weighted by Crippen LogP contribution is -2.41. The first kappa shape index (κ1) is 31.5. The van der Waals surface area contributed by atoms with Crippen LogP contribution in [-0.2, 0) is 24.4 Å². The summed E-state index contributed by atoms with van der Waals surface area (Å²) in [5, 5.41) is 9.63. The standard InChI is InChI=1S/C18H15F3I4O9S/c19-18(20,21)8(5-35(30,31)32)34-16(28)6-1-3-7(4-2-6)33-17(29)10-9(15(26)27)11(22)13(24)14(25)12(10)23/h6-8H,1-5H2,(H,26,27)(H,30,31,32). The Morgan fingerprint density at radius 3 is 1.86 bits per heavy atom. The molecule has 0 aliphatic heterocycles. The lowest BCUT2D eigenvalue weighted by molar-refractivity contribution is -0.218. The Bertz CT molecular complexity index is 1130. The van der Waals surface area contributed by atoms with Crippen molar-refractivity contribution in [3.8, 4) is 0 Å². The molecule has 0 amide bonds. The second kappa shape index (κ2) is 12.4. The van der Waals surface area contributed by atoms with Crippen LogP contribution in [0.2, 0.25) is 0 Å². The van der Waals surface area contributed by atoms with E-state index in [1.807, 2.05) is 90.4 Å². The van der Waals surface area contributed by atoms with Gasteiger partial charge in [0, 0.05) is 14.3 Å². The number of alkyl halides is 3. The van der Waals surface area contributed by atoms with Gasteiger partial charge >= 0.3 is 24.1 Å². The van der Waals surface area contributed by atoms with Gasteiger partial charge in [-0.1, -0.05) is 0 Å². The van der Waals surface area contributed by atoms with E-state index in [0.29, 0.717) is 14.3 Å². The van der Waals surface area contributed by atoms with Crippen LogP contribution < -0.4 is 0 Å². The fourth-order valence-electron chi connectivity index (χ4n) is 3.27. The predicted molar refractivity (Wildman–Crippen MR) is 148 cm³/mol. The van der Waals surface area contributed by atoms with Gasteiger partial charge in [0.1, 0.15) is 11.9 Å². The van der Waals surface area contributed by atoms with E-state index in [9.17, 15) is 41.1 Å². The molecule has 17 heteroatoms. The predicted octanol–water partition coefficient (Wildman–Crippen LogP) is 4.88. The average molecular weight is 972 g/mol. The summed E-state index contributed by atoms with van der Waals surface area (Å²) < 4.78 is 81.3. The number of carbonyl (C=O) groups excluding carboxylic acids is 2. The number of ether oxygens (including phenoxy) is 2. The van der Waals surface area contributed by atoms with Gasteiger partial charge in [0.25, 0.3) is 10.1 Å². The number of carboxylic acid groups (broad SMARTS) is 1. The fraction of sp³-hybridized carbons (Fsp3) is 0.500. The molecule has 2 N–H and O–H groups in total. The summed E-state index contributed by atoms with van der Waals surface area (Å²) in [6.45, 7) is 0. The molecule has 1 aromatic rings. The van der Waals surface area contributed by atoms with E-state index in [1.165, 1.54) is 0 Å². The molecule has 0 radical (unpaired) electrons. The van der Waals surface area contributed by atoms with Gasteiger partial charge in [-0.15, -0.1) is 0 Å². The van der Waals surface area contributed by atoms with Gasteiger partial charge < -0.3 is 14.6 Å². The molecule has 35 heavy (non-hydrogen) atoms. The van der Waals surface area contributed by atoms with Crippen molar-refractivity contribution in [2.24, 2.45) is 5.92 Å². The second-order valence-electron chi connectivity index (χ2n) is 7.41. The molecule has 1 aromatic carbocycles. The number of esters is 2. The van der Waals surface area contributed by atoms with Gasteiger partial charge in [0.05, 0.1) is 17.0 Å². The van der Waals surface area contributed by atoms with Crippen LogP contribution in [0.1, 0.15) is 46.4 Å². The number of benzene rings is 1. The Balaban J connectivity index is 2.09. The van der Waals surface area contributed by atoms with Crippen LogP contribution in [0.15, 0.2) is 0 Å². The summed E-state index contributed by atoms with van der Waals surface area (Å²) in [6.07, 6.45) is -8.73. The topological polar surface area (TPSA) is 144 Å². The first-order chi connectivity index (χ1) is 15.9. The smallest absolute Gasteiger partial charge is 0.426 e. The SMILES string of the molecule is O=C(O)c1c(I)c(I)c(I)c(I)c1C(=O)OC1CCC(C(=O)OC(CS(=O)(=O)O)C(F)(F)F)CC1. The normalized spacial score (nSPS) is 19.7. The van der Waals surface area contributed by atoms with Gasteiger partial charge in [-0.2, -0.15) is 21.6 Å². The van der Waals surface area contributed by atoms with E-state index in [4.69, 9.17) is 9.29 Å². The monoisotopic (exact) mass is 972 g/mol. The van der Waals surface area contributed by atoms with E-state index in [0.717, 1.165) is 0 Å². The van der Waals surface area contributed by atoms with Crippen molar-refractivity contribution in [3.05, 3.63) is 25.4 Å². The lowest BCUT2D eigenvalue weighted by atomic mass is 9.87. The molecule has 0 heterocycles. The summed E-state index contributed by atoms with van der Waals surface area (Å²) in [4.78, 5) is 36.9. The molecule has 1 unspecified atom stereocenters. The molecule has 0 spiro atoms. The van der Waals surface area contributed by atoms with Crippen LogP contribution in [0.5, 0.6) is 0 Å². The van der Waals surface area contributed by atoms with Crippen molar-refractivity contribution in [3.63, 3.8) is 0 Å². The Kier molecular flexibility index (Phi) is 11.2.